The van der Waals surface area contributed by atoms with Crippen LogP contribution in [0.25, 0.3) is 0 Å². The van der Waals surface area contributed by atoms with Gasteiger partial charge in [-0.2, -0.15) is 0 Å². The molecule has 0 aromatic heterocycles. The van der Waals surface area contributed by atoms with Gasteiger partial charge in [-0.3, -0.25) is 37.3 Å². The lowest BCUT2D eigenvalue weighted by Gasteiger charge is -2.21. The minimum Gasteiger partial charge on any atom is -0.462 e. The quantitative estimate of drug-likeness (QED) is 0.0222. The van der Waals surface area contributed by atoms with Crippen LogP contribution in [-0.2, 0) is 65.4 Å². The molecule has 4 unspecified atom stereocenters. The van der Waals surface area contributed by atoms with Crippen molar-refractivity contribution >= 4 is 39.5 Å². The highest BCUT2D eigenvalue weighted by Crippen LogP contribution is 2.45. The van der Waals surface area contributed by atoms with Gasteiger partial charge in [0.1, 0.15) is 19.3 Å². The maximum atomic E-state index is 13.1. The average Bonchev–Trinajstić information content (AvgIpc) is 1.16. The molecule has 0 heterocycles. The number of hydrogen-bond donors (Lipinski definition) is 3. The number of phosphoric acid groups is 2. The van der Waals surface area contributed by atoms with Crippen molar-refractivity contribution < 1.29 is 80.2 Å². The zero-order valence-electron chi connectivity index (χ0n) is 61.6. The van der Waals surface area contributed by atoms with Crippen LogP contribution in [0.4, 0.5) is 0 Å². The Morgan fingerprint density at radius 1 is 0.298 bits per heavy atom. The second-order valence-corrected chi connectivity index (χ2v) is 31.6. The highest BCUT2D eigenvalue weighted by atomic mass is 31.2. The molecule has 0 saturated carbocycles. The van der Waals surface area contributed by atoms with E-state index in [9.17, 15) is 43.2 Å². The number of esters is 4. The molecule has 0 aliphatic rings. The van der Waals surface area contributed by atoms with Crippen molar-refractivity contribution in [2.24, 2.45) is 23.7 Å². The van der Waals surface area contributed by atoms with Crippen molar-refractivity contribution in [3.8, 4) is 0 Å². The molecule has 0 rings (SSSR count). The van der Waals surface area contributed by atoms with Crippen LogP contribution >= 0.6 is 15.6 Å². The fourth-order valence-corrected chi connectivity index (χ4v) is 12.9. The molecule has 0 aliphatic carbocycles. The number of rotatable bonds is 72. The topological polar surface area (TPSA) is 237 Å². The van der Waals surface area contributed by atoms with E-state index in [1.807, 2.05) is 0 Å². The van der Waals surface area contributed by atoms with Crippen molar-refractivity contribution in [3.63, 3.8) is 0 Å². The number of ether oxygens (including phenoxy) is 4. The largest absolute Gasteiger partial charge is 0.472 e. The molecule has 19 heteroatoms. The van der Waals surface area contributed by atoms with Gasteiger partial charge in [0.15, 0.2) is 12.2 Å². The molecule has 0 bridgehead atoms. The SMILES string of the molecule is CCC(C)CCCCCCCCCCCCCCCCC(=O)O[C@H](COC(=O)CCCCCCCCCCCCCCCC(C)C)COP(=O)(O)OCC(O)COP(=O)(O)OC[C@@H](COC(=O)CCCCCCCCCC(C)C)OC(=O)CCCCCCCCCC(C)C. The maximum absolute atomic E-state index is 13.1. The van der Waals surface area contributed by atoms with Gasteiger partial charge in [-0.15, -0.1) is 0 Å². The third-order valence-electron chi connectivity index (χ3n) is 17.7. The smallest absolute Gasteiger partial charge is 0.462 e. The Morgan fingerprint density at radius 2 is 0.511 bits per heavy atom. The van der Waals surface area contributed by atoms with E-state index in [-0.39, 0.29) is 25.7 Å². The van der Waals surface area contributed by atoms with E-state index in [0.717, 1.165) is 108 Å². The van der Waals surface area contributed by atoms with Gasteiger partial charge < -0.3 is 33.8 Å². The van der Waals surface area contributed by atoms with E-state index >= 15 is 0 Å². The van der Waals surface area contributed by atoms with Gasteiger partial charge in [0.05, 0.1) is 26.4 Å². The highest BCUT2D eigenvalue weighted by Gasteiger charge is 2.30. The predicted octanol–water partition coefficient (Wildman–Crippen LogP) is 21.7. The molecular weight excluding hydrogens is 1230 g/mol. The van der Waals surface area contributed by atoms with Crippen LogP contribution < -0.4 is 0 Å². The summed E-state index contributed by atoms with van der Waals surface area (Å²) in [6.07, 6.45) is 48.7. The normalized spacial score (nSPS) is 14.4. The first-order valence-electron chi connectivity index (χ1n) is 38.7. The van der Waals surface area contributed by atoms with Gasteiger partial charge in [0.2, 0.25) is 0 Å². The number of aliphatic hydroxyl groups excluding tert-OH is 1. The van der Waals surface area contributed by atoms with E-state index in [0.29, 0.717) is 37.5 Å². The number of unbranched alkanes of at least 4 members (excludes halogenated alkanes) is 37. The minimum absolute atomic E-state index is 0.102. The second kappa shape index (κ2) is 64.4. The highest BCUT2D eigenvalue weighted by molar-refractivity contribution is 7.47. The fourth-order valence-electron chi connectivity index (χ4n) is 11.3. The first kappa shape index (κ1) is 92.1. The molecule has 3 N–H and O–H groups in total. The molecule has 0 fully saturated rings. The minimum atomic E-state index is -4.96. The predicted molar refractivity (Wildman–Crippen MR) is 381 cm³/mol. The summed E-state index contributed by atoms with van der Waals surface area (Å²) in [4.78, 5) is 72.7. The molecule has 94 heavy (non-hydrogen) atoms. The summed E-state index contributed by atoms with van der Waals surface area (Å²) in [5.74, 6) is 0.913. The van der Waals surface area contributed by atoms with Gasteiger partial charge in [-0.05, 0) is 49.4 Å². The summed E-state index contributed by atoms with van der Waals surface area (Å²) in [5, 5.41) is 10.6. The van der Waals surface area contributed by atoms with Crippen molar-refractivity contribution in [2.45, 2.75) is 395 Å². The molecule has 0 aromatic rings. The number of hydrogen-bond acceptors (Lipinski definition) is 15. The monoisotopic (exact) mass is 1380 g/mol. The molecule has 6 atom stereocenters. The zero-order chi connectivity index (χ0) is 69.6. The number of carbonyl (C=O) groups is 4. The van der Waals surface area contributed by atoms with Crippen LogP contribution in [0.2, 0.25) is 0 Å². The van der Waals surface area contributed by atoms with E-state index in [1.54, 1.807) is 0 Å². The summed E-state index contributed by atoms with van der Waals surface area (Å²) >= 11 is 0. The first-order chi connectivity index (χ1) is 45.1. The lowest BCUT2D eigenvalue weighted by molar-refractivity contribution is -0.161. The third kappa shape index (κ3) is 67.3. The molecule has 0 amide bonds. The molecule has 0 saturated heterocycles. The van der Waals surface area contributed by atoms with Crippen molar-refractivity contribution in [1.29, 1.82) is 0 Å². The van der Waals surface area contributed by atoms with Gasteiger partial charge >= 0.3 is 39.5 Å². The average molecular weight is 1380 g/mol. The molecule has 0 aliphatic heterocycles. The van der Waals surface area contributed by atoms with Gasteiger partial charge in [-0.1, -0.05) is 325 Å². The van der Waals surface area contributed by atoms with Crippen LogP contribution in [0.1, 0.15) is 376 Å². The van der Waals surface area contributed by atoms with Crippen LogP contribution in [0.15, 0.2) is 0 Å². The summed E-state index contributed by atoms with van der Waals surface area (Å²) < 4.78 is 68.4. The van der Waals surface area contributed by atoms with E-state index in [4.69, 9.17) is 37.0 Å². The Labute approximate surface area is 575 Å². The third-order valence-corrected chi connectivity index (χ3v) is 19.6. The summed E-state index contributed by atoms with van der Waals surface area (Å²) in [6, 6.07) is 0. The molecule has 0 aromatic carbocycles. The van der Waals surface area contributed by atoms with Crippen LogP contribution in [-0.4, -0.2) is 96.7 Å². The molecular formula is C75H146O17P2. The van der Waals surface area contributed by atoms with E-state index in [1.165, 1.54) is 173 Å². The Bertz CT molecular complexity index is 1850. The van der Waals surface area contributed by atoms with Crippen molar-refractivity contribution in [2.75, 3.05) is 39.6 Å². The zero-order valence-corrected chi connectivity index (χ0v) is 63.4. The fraction of sp³-hybridized carbons (Fsp3) is 0.947. The summed E-state index contributed by atoms with van der Waals surface area (Å²) in [5.41, 5.74) is 0. The lowest BCUT2D eigenvalue weighted by atomic mass is 9.99. The van der Waals surface area contributed by atoms with Crippen LogP contribution in [0.5, 0.6) is 0 Å². The number of aliphatic hydroxyl groups is 1. The second-order valence-electron chi connectivity index (χ2n) is 28.7. The Hall–Kier alpha value is -1.94. The Morgan fingerprint density at radius 3 is 0.755 bits per heavy atom. The van der Waals surface area contributed by atoms with Gasteiger partial charge in [-0.25, -0.2) is 9.13 Å². The number of phosphoric ester groups is 2. The van der Waals surface area contributed by atoms with Crippen molar-refractivity contribution in [3.05, 3.63) is 0 Å². The molecule has 0 radical (unpaired) electrons. The molecule has 558 valence electrons. The molecule has 0 spiro atoms. The van der Waals surface area contributed by atoms with E-state index in [2.05, 4.69) is 55.4 Å². The van der Waals surface area contributed by atoms with E-state index < -0.39 is 97.5 Å². The van der Waals surface area contributed by atoms with Crippen LogP contribution in [0, 0.1) is 23.7 Å². The Balaban J connectivity index is 5.23. The first-order valence-corrected chi connectivity index (χ1v) is 41.7. The standard InChI is InChI=1S/C75H146O17P2/c1-9-68(8)54-46-38-30-22-18-14-10-11-15-20-24-32-41-49-57-74(79)91-70(61-85-72(77)55-47-39-31-23-19-16-12-13-17-21-27-35-43-51-65(2)3)63-89-93(81,82)87-59-69(76)60-88-94(83,84)90-64-71(92-75(80)58-50-42-34-26-29-37-45-53-67(6)7)62-86-73(78)56-48-40-33-25-28-36-44-52-66(4)5/h65-71,76H,9-64H2,1-8H3,(H,81,82)(H,83,84)/t68?,69?,70-,71-/m1/s1. The summed E-state index contributed by atoms with van der Waals surface area (Å²) in [6.45, 7) is 14.1. The summed E-state index contributed by atoms with van der Waals surface area (Å²) in [7, 11) is -9.91. The lowest BCUT2D eigenvalue weighted by Crippen LogP contribution is -2.30. The van der Waals surface area contributed by atoms with Gasteiger partial charge in [0, 0.05) is 25.7 Å². The van der Waals surface area contributed by atoms with Crippen LogP contribution in [0.3, 0.4) is 0 Å². The maximum Gasteiger partial charge on any atom is 0.472 e. The van der Waals surface area contributed by atoms with Gasteiger partial charge in [0.25, 0.3) is 0 Å². The number of carbonyl (C=O) groups excluding carboxylic acids is 4. The molecule has 17 nitrogen and oxygen atoms in total. The van der Waals surface area contributed by atoms with Crippen molar-refractivity contribution in [1.82, 2.24) is 0 Å². The Kier molecular flexibility index (Phi) is 63.1.